The molecule has 0 unspecified atom stereocenters. The zero-order chi connectivity index (χ0) is 33.8. The van der Waals surface area contributed by atoms with Crippen LogP contribution in [0.4, 0.5) is 8.78 Å². The maximum absolute atomic E-state index is 15.5. The Morgan fingerprint density at radius 3 is 2.43 bits per heavy atom. The van der Waals surface area contributed by atoms with E-state index in [4.69, 9.17) is 4.74 Å². The molecular weight excluding hydrogens is 624 g/mol. The first-order chi connectivity index (χ1) is 22.1. The van der Waals surface area contributed by atoms with Gasteiger partial charge in [-0.1, -0.05) is 24.6 Å². The molecule has 2 saturated heterocycles. The Morgan fingerprint density at radius 2 is 1.81 bits per heavy atom. The van der Waals surface area contributed by atoms with E-state index in [1.165, 1.54) is 10.4 Å². The van der Waals surface area contributed by atoms with Gasteiger partial charge in [0.1, 0.15) is 11.6 Å². The summed E-state index contributed by atoms with van der Waals surface area (Å²) >= 11 is 0. The maximum atomic E-state index is 15.5. The van der Waals surface area contributed by atoms with Crippen molar-refractivity contribution in [1.29, 1.82) is 0 Å². The monoisotopic (exact) mass is 671 g/mol. The highest BCUT2D eigenvalue weighted by molar-refractivity contribution is 7.87. The van der Waals surface area contributed by atoms with Gasteiger partial charge in [0.15, 0.2) is 11.5 Å². The Hall–Kier alpha value is -2.89. The molecule has 0 bridgehead atoms. The number of carbonyl (C=O) groups excluding carboxylic acids is 2. The molecule has 2 N–H and O–H groups in total. The number of Topliss-reactive ketones (excluding diaryl/α,β-unsaturated/α-hetero) is 1. The lowest BCUT2D eigenvalue weighted by atomic mass is 9.76. The molecule has 256 valence electrons. The lowest BCUT2D eigenvalue weighted by Gasteiger charge is -2.32. The van der Waals surface area contributed by atoms with Gasteiger partial charge in [0.25, 0.3) is 0 Å². The molecule has 0 spiro atoms. The molecule has 0 aromatic heterocycles. The number of hydrogen-bond acceptors (Lipinski definition) is 6. The minimum Gasteiger partial charge on any atom is -0.490 e. The number of nitrogens with zero attached hydrogens (tertiary/aromatic N) is 1. The third kappa shape index (κ3) is 6.85. The van der Waals surface area contributed by atoms with E-state index in [1.807, 2.05) is 26.0 Å². The standard InChI is InChI=1S/C36H47F2N3O5S/c1-34(2)21-36(38,22-39-34)31(42)19-23-12-14-26(18-23)46-30-15-13-25(35(3,4)33(43)40-47(44,45)41-16-7-17-41)20-28(30)27-10-6-11-29(37)32(27)24-8-5-9-24/h6,10-11,13,15,20,23-24,26,39H,5,7-9,12,14,16-19,21-22H2,1-4H3,(H,40,43)/t23-,26-,36-/m1/s1. The molecule has 2 aliphatic carbocycles. The van der Waals surface area contributed by atoms with Crippen LogP contribution in [-0.4, -0.2) is 61.4 Å². The van der Waals surface area contributed by atoms with Crippen molar-refractivity contribution in [1.82, 2.24) is 14.3 Å². The molecule has 0 radical (unpaired) electrons. The van der Waals surface area contributed by atoms with Crippen molar-refractivity contribution in [2.45, 2.75) is 114 Å². The van der Waals surface area contributed by atoms with Crippen molar-refractivity contribution in [3.05, 3.63) is 53.3 Å². The van der Waals surface area contributed by atoms with E-state index >= 15 is 8.78 Å². The Balaban J connectivity index is 1.26. The van der Waals surface area contributed by atoms with Crippen LogP contribution in [0.25, 0.3) is 11.1 Å². The summed E-state index contributed by atoms with van der Waals surface area (Å²) in [5, 5.41) is 3.12. The fourth-order valence-electron chi connectivity index (χ4n) is 7.43. The van der Waals surface area contributed by atoms with Crippen LogP contribution in [0, 0.1) is 11.7 Å². The summed E-state index contributed by atoms with van der Waals surface area (Å²) in [5.41, 5.74) is -0.986. The Bertz CT molecular complexity index is 1650. The quantitative estimate of drug-likeness (QED) is 0.300. The highest BCUT2D eigenvalue weighted by Crippen LogP contribution is 2.46. The molecule has 3 atom stereocenters. The van der Waals surface area contributed by atoms with E-state index in [0.29, 0.717) is 53.9 Å². The summed E-state index contributed by atoms with van der Waals surface area (Å²) in [7, 11) is -3.94. The summed E-state index contributed by atoms with van der Waals surface area (Å²) in [6.07, 6.45) is 5.69. The second-order valence-corrected chi connectivity index (χ2v) is 17.0. The number of hydrogen-bond donors (Lipinski definition) is 2. The molecule has 2 saturated carbocycles. The fourth-order valence-corrected chi connectivity index (χ4v) is 8.79. The molecule has 1 amide bonds. The van der Waals surface area contributed by atoms with Gasteiger partial charge in [0.05, 0.1) is 11.5 Å². The van der Waals surface area contributed by atoms with Gasteiger partial charge >= 0.3 is 10.2 Å². The average molecular weight is 672 g/mol. The molecule has 2 heterocycles. The number of ketones is 1. The number of halogens is 2. The van der Waals surface area contributed by atoms with Crippen LogP contribution in [-0.2, 0) is 25.2 Å². The van der Waals surface area contributed by atoms with Crippen molar-refractivity contribution in [2.24, 2.45) is 5.92 Å². The molecule has 2 aromatic carbocycles. The van der Waals surface area contributed by atoms with Crippen molar-refractivity contribution in [2.75, 3.05) is 19.6 Å². The number of carbonyl (C=O) groups is 2. The summed E-state index contributed by atoms with van der Waals surface area (Å²) in [5.74, 6) is -0.687. The van der Waals surface area contributed by atoms with Crippen LogP contribution in [0.5, 0.6) is 5.75 Å². The smallest absolute Gasteiger partial charge is 0.303 e. The minimum atomic E-state index is -3.94. The first-order valence-corrected chi connectivity index (χ1v) is 18.4. The van der Waals surface area contributed by atoms with E-state index in [2.05, 4.69) is 10.0 Å². The van der Waals surface area contributed by atoms with Gasteiger partial charge in [-0.2, -0.15) is 12.7 Å². The molecular formula is C36H47F2N3O5S. The lowest BCUT2D eigenvalue weighted by molar-refractivity contribution is -0.130. The molecule has 4 fully saturated rings. The van der Waals surface area contributed by atoms with E-state index in [1.54, 1.807) is 32.0 Å². The predicted molar refractivity (Wildman–Crippen MR) is 177 cm³/mol. The van der Waals surface area contributed by atoms with Crippen molar-refractivity contribution >= 4 is 21.9 Å². The summed E-state index contributed by atoms with van der Waals surface area (Å²) < 4.78 is 66.5. The zero-order valence-corrected chi connectivity index (χ0v) is 28.7. The summed E-state index contributed by atoms with van der Waals surface area (Å²) in [6, 6.07) is 10.4. The lowest BCUT2D eigenvalue weighted by Crippen LogP contribution is -2.53. The Morgan fingerprint density at radius 1 is 1.06 bits per heavy atom. The number of amides is 1. The third-order valence-electron chi connectivity index (χ3n) is 10.8. The van der Waals surface area contributed by atoms with Gasteiger partial charge in [0.2, 0.25) is 5.91 Å². The van der Waals surface area contributed by atoms with Crippen molar-refractivity contribution in [3.8, 4) is 16.9 Å². The molecule has 2 aromatic rings. The highest BCUT2D eigenvalue weighted by atomic mass is 32.2. The van der Waals surface area contributed by atoms with Gasteiger partial charge < -0.3 is 10.1 Å². The van der Waals surface area contributed by atoms with Gasteiger partial charge in [-0.05, 0) is 113 Å². The number of benzene rings is 2. The topological polar surface area (TPSA) is 105 Å². The molecule has 2 aliphatic heterocycles. The van der Waals surface area contributed by atoms with Crippen LogP contribution in [0.15, 0.2) is 36.4 Å². The van der Waals surface area contributed by atoms with Crippen LogP contribution in [0.1, 0.15) is 103 Å². The number of rotatable bonds is 11. The average Bonchev–Trinajstić information content (AvgIpc) is 3.49. The van der Waals surface area contributed by atoms with Gasteiger partial charge in [-0.15, -0.1) is 0 Å². The van der Waals surface area contributed by atoms with Crippen molar-refractivity contribution < 1.29 is 31.5 Å². The zero-order valence-electron chi connectivity index (χ0n) is 27.8. The SMILES string of the molecule is CC1(C)C[C@](F)(C(=O)C[C@@H]2CC[C@@H](Oc3ccc(C(C)(C)C(=O)NS(=O)(=O)N4CCC4)cc3-c3cccc(F)c3C3CCC3)C2)CN1. The number of nitrogens with one attached hydrogen (secondary N) is 2. The summed E-state index contributed by atoms with van der Waals surface area (Å²) in [6.45, 7) is 7.94. The first kappa shape index (κ1) is 34.0. The molecule has 6 rings (SSSR count). The molecule has 4 aliphatic rings. The fraction of sp³-hybridized carbons (Fsp3) is 0.611. The van der Waals surface area contributed by atoms with E-state index in [9.17, 15) is 18.0 Å². The molecule has 8 nitrogen and oxygen atoms in total. The normalized spacial score (nSPS) is 26.4. The molecule has 11 heteroatoms. The molecule has 47 heavy (non-hydrogen) atoms. The third-order valence-corrected chi connectivity index (χ3v) is 12.3. The van der Waals surface area contributed by atoms with E-state index < -0.39 is 32.7 Å². The first-order valence-electron chi connectivity index (χ1n) is 17.0. The van der Waals surface area contributed by atoms with Crippen LogP contribution >= 0.6 is 0 Å². The minimum absolute atomic E-state index is 0.00209. The van der Waals surface area contributed by atoms with E-state index in [0.717, 1.165) is 32.1 Å². The highest BCUT2D eigenvalue weighted by Gasteiger charge is 2.49. The largest absolute Gasteiger partial charge is 0.490 e. The predicted octanol–water partition coefficient (Wildman–Crippen LogP) is 6.09. The van der Waals surface area contributed by atoms with E-state index in [-0.39, 0.29) is 48.9 Å². The van der Waals surface area contributed by atoms with Crippen molar-refractivity contribution in [3.63, 3.8) is 0 Å². The van der Waals surface area contributed by atoms with Gasteiger partial charge in [0, 0.05) is 43.6 Å². The van der Waals surface area contributed by atoms with Crippen LogP contribution < -0.4 is 14.8 Å². The second-order valence-electron chi connectivity index (χ2n) is 15.3. The van der Waals surface area contributed by atoms with Gasteiger partial charge in [-0.25, -0.2) is 13.5 Å². The summed E-state index contributed by atoms with van der Waals surface area (Å²) in [4.78, 5) is 26.5. The number of ether oxygens (including phenoxy) is 1. The Labute approximate surface area is 277 Å². The number of alkyl halides is 1. The second kappa shape index (κ2) is 12.5. The Kier molecular flexibility index (Phi) is 9.06. The van der Waals surface area contributed by atoms with Crippen LogP contribution in [0.2, 0.25) is 0 Å². The maximum Gasteiger partial charge on any atom is 0.303 e. The van der Waals surface area contributed by atoms with Crippen LogP contribution in [0.3, 0.4) is 0 Å². The van der Waals surface area contributed by atoms with Gasteiger partial charge in [-0.3, -0.25) is 9.59 Å².